The van der Waals surface area contributed by atoms with E-state index in [0.29, 0.717) is 29.1 Å². The number of piperazine rings is 1. The molecule has 3 atom stereocenters. The van der Waals surface area contributed by atoms with Crippen LogP contribution in [0.3, 0.4) is 0 Å². The van der Waals surface area contributed by atoms with Gasteiger partial charge in [0, 0.05) is 50.4 Å². The Hall–Kier alpha value is -0.460. The second-order valence-electron chi connectivity index (χ2n) is 12.4. The van der Waals surface area contributed by atoms with Crippen molar-refractivity contribution < 1.29 is 9.84 Å². The molecule has 1 unspecified atom stereocenters. The molecule has 34 heavy (non-hydrogen) atoms. The molecule has 0 bridgehead atoms. The number of hydrogen-bond acceptors (Lipinski definition) is 5. The monoisotopic (exact) mass is 479 g/mol. The van der Waals surface area contributed by atoms with Crippen molar-refractivity contribution >= 4 is 0 Å². The Morgan fingerprint density at radius 1 is 1.09 bits per heavy atom. The Morgan fingerprint density at radius 2 is 1.76 bits per heavy atom. The Balaban J connectivity index is 0.000000242. The highest BCUT2D eigenvalue weighted by Gasteiger charge is 2.34. The standard InChI is InChI=1S/C15H30N2O.C14H27NO/c1-12-9-17(15(2,3)11-16-12)10-13-5-7-14(18-4)8-6-13;1-5-14(3,4)15(6-2)11-12-7-9-13(16)10-8-12/h12-14,16H,5-11H2,1-4H3;7,9,12-13,16H,5-6,8,10-11H2,1-4H3/t12-,13?,14?;12-,13?/m11/s1. The topological polar surface area (TPSA) is 48.0 Å². The van der Waals surface area contributed by atoms with Crippen molar-refractivity contribution in [2.75, 3.05) is 39.8 Å². The summed E-state index contributed by atoms with van der Waals surface area (Å²) in [5.74, 6) is 1.50. The molecule has 5 heteroatoms. The fourth-order valence-electron chi connectivity index (χ4n) is 5.69. The van der Waals surface area contributed by atoms with Crippen molar-refractivity contribution in [2.45, 2.75) is 123 Å². The van der Waals surface area contributed by atoms with Gasteiger partial charge in [0.15, 0.2) is 0 Å². The number of rotatable bonds is 8. The molecule has 5 nitrogen and oxygen atoms in total. The number of aliphatic hydroxyl groups is 1. The summed E-state index contributed by atoms with van der Waals surface area (Å²) in [6.45, 7) is 22.0. The fraction of sp³-hybridized carbons (Fsp3) is 0.931. The van der Waals surface area contributed by atoms with Crippen LogP contribution >= 0.6 is 0 Å². The first-order chi connectivity index (χ1) is 16.0. The highest BCUT2D eigenvalue weighted by atomic mass is 16.5. The molecule has 2 N–H and O–H groups in total. The van der Waals surface area contributed by atoms with E-state index in [-0.39, 0.29) is 6.10 Å². The van der Waals surface area contributed by atoms with Crippen LogP contribution in [0.4, 0.5) is 0 Å². The quantitative estimate of drug-likeness (QED) is 0.475. The molecule has 0 radical (unpaired) electrons. The molecule has 0 aromatic carbocycles. The molecule has 2 aliphatic carbocycles. The molecule has 3 aliphatic rings. The van der Waals surface area contributed by atoms with Crippen LogP contribution in [0.15, 0.2) is 12.2 Å². The maximum Gasteiger partial charge on any atom is 0.0721 e. The van der Waals surface area contributed by atoms with E-state index >= 15 is 0 Å². The lowest BCUT2D eigenvalue weighted by Gasteiger charge is -2.47. The molecule has 0 aromatic heterocycles. The molecule has 1 heterocycles. The van der Waals surface area contributed by atoms with Crippen LogP contribution < -0.4 is 5.32 Å². The van der Waals surface area contributed by atoms with Crippen molar-refractivity contribution in [1.29, 1.82) is 0 Å². The zero-order valence-electron chi connectivity index (χ0n) is 23.8. The molecule has 3 rings (SSSR count). The lowest BCUT2D eigenvalue weighted by Crippen LogP contribution is -2.62. The molecular weight excluding hydrogens is 422 g/mol. The third-order valence-corrected chi connectivity index (χ3v) is 8.84. The molecule has 1 saturated carbocycles. The van der Waals surface area contributed by atoms with Crippen LogP contribution in [0.2, 0.25) is 0 Å². The Morgan fingerprint density at radius 3 is 2.29 bits per heavy atom. The minimum Gasteiger partial charge on any atom is -0.389 e. The summed E-state index contributed by atoms with van der Waals surface area (Å²) in [6.07, 6.45) is 12.9. The first-order valence-electron chi connectivity index (χ1n) is 14.1. The summed E-state index contributed by atoms with van der Waals surface area (Å²) >= 11 is 0. The minimum atomic E-state index is -0.203. The summed E-state index contributed by atoms with van der Waals surface area (Å²) in [5.41, 5.74) is 0.600. The smallest absolute Gasteiger partial charge is 0.0721 e. The first kappa shape index (κ1) is 29.8. The van der Waals surface area contributed by atoms with E-state index in [2.05, 4.69) is 69.7 Å². The largest absolute Gasteiger partial charge is 0.389 e. The number of hydrogen-bond donors (Lipinski definition) is 2. The van der Waals surface area contributed by atoms with E-state index in [0.717, 1.165) is 38.4 Å². The van der Waals surface area contributed by atoms with Crippen LogP contribution in [-0.4, -0.2) is 84.1 Å². The zero-order chi connectivity index (χ0) is 25.4. The van der Waals surface area contributed by atoms with E-state index in [4.69, 9.17) is 4.74 Å². The minimum absolute atomic E-state index is 0.203. The zero-order valence-corrected chi connectivity index (χ0v) is 23.8. The molecule has 0 aromatic rings. The SMILES string of the molecule is CCN(C[C@@H]1C=CC(O)CC1)C(C)(C)CC.COC1CCC(CN2C[C@@H](C)NCC2(C)C)CC1. The summed E-state index contributed by atoms with van der Waals surface area (Å²) in [6, 6.07) is 0.633. The van der Waals surface area contributed by atoms with Crippen LogP contribution in [-0.2, 0) is 4.74 Å². The average molecular weight is 480 g/mol. The van der Waals surface area contributed by atoms with Crippen LogP contribution in [0.25, 0.3) is 0 Å². The van der Waals surface area contributed by atoms with E-state index in [9.17, 15) is 5.11 Å². The van der Waals surface area contributed by atoms with E-state index in [1.165, 1.54) is 45.2 Å². The van der Waals surface area contributed by atoms with Gasteiger partial charge in [-0.25, -0.2) is 0 Å². The second-order valence-corrected chi connectivity index (χ2v) is 12.4. The van der Waals surface area contributed by atoms with E-state index in [1.54, 1.807) is 0 Å². The van der Waals surface area contributed by atoms with Gasteiger partial charge in [0.1, 0.15) is 0 Å². The van der Waals surface area contributed by atoms with Crippen molar-refractivity contribution in [3.8, 4) is 0 Å². The lowest BCUT2D eigenvalue weighted by atomic mass is 9.85. The summed E-state index contributed by atoms with van der Waals surface area (Å²) in [7, 11) is 1.85. The van der Waals surface area contributed by atoms with Crippen LogP contribution in [0.1, 0.15) is 93.4 Å². The Bertz CT molecular complexity index is 598. The molecule has 2 fully saturated rings. The number of nitrogens with zero attached hydrogens (tertiary/aromatic N) is 2. The molecule has 1 aliphatic heterocycles. The highest BCUT2D eigenvalue weighted by Crippen LogP contribution is 2.29. The van der Waals surface area contributed by atoms with E-state index in [1.807, 2.05) is 13.2 Å². The second kappa shape index (κ2) is 13.7. The fourth-order valence-corrected chi connectivity index (χ4v) is 5.69. The third-order valence-electron chi connectivity index (χ3n) is 8.84. The van der Waals surface area contributed by atoms with Gasteiger partial charge < -0.3 is 15.2 Å². The van der Waals surface area contributed by atoms with Crippen molar-refractivity contribution in [1.82, 2.24) is 15.1 Å². The summed E-state index contributed by atoms with van der Waals surface area (Å²) in [5, 5.41) is 13.0. The average Bonchev–Trinajstić information content (AvgIpc) is 2.82. The highest BCUT2D eigenvalue weighted by molar-refractivity contribution is 5.00. The Labute approximate surface area is 211 Å². The van der Waals surface area contributed by atoms with Gasteiger partial charge in [0.2, 0.25) is 0 Å². The maximum absolute atomic E-state index is 9.42. The summed E-state index contributed by atoms with van der Waals surface area (Å²) in [4.78, 5) is 5.26. The van der Waals surface area contributed by atoms with Gasteiger partial charge in [0.25, 0.3) is 0 Å². The third kappa shape index (κ3) is 9.20. The normalized spacial score (nSPS) is 32.4. The van der Waals surface area contributed by atoms with Crippen LogP contribution in [0, 0.1) is 11.8 Å². The maximum atomic E-state index is 9.42. The molecule has 0 amide bonds. The van der Waals surface area contributed by atoms with Gasteiger partial charge in [-0.3, -0.25) is 9.80 Å². The van der Waals surface area contributed by atoms with Crippen molar-refractivity contribution in [3.05, 3.63) is 12.2 Å². The summed E-state index contributed by atoms with van der Waals surface area (Å²) < 4.78 is 5.46. The van der Waals surface area contributed by atoms with E-state index < -0.39 is 0 Å². The number of nitrogens with one attached hydrogen (secondary N) is 1. The van der Waals surface area contributed by atoms with Gasteiger partial charge in [-0.15, -0.1) is 0 Å². The van der Waals surface area contributed by atoms with Crippen LogP contribution in [0.5, 0.6) is 0 Å². The Kier molecular flexibility index (Phi) is 12.0. The van der Waals surface area contributed by atoms with Gasteiger partial charge in [0.05, 0.1) is 12.2 Å². The number of methoxy groups -OCH3 is 1. The first-order valence-corrected chi connectivity index (χ1v) is 14.1. The predicted molar refractivity (Wildman–Crippen MR) is 145 cm³/mol. The van der Waals surface area contributed by atoms with Crippen molar-refractivity contribution in [3.63, 3.8) is 0 Å². The molecule has 0 spiro atoms. The molecular formula is C29H57N3O2. The number of ether oxygens (including phenoxy) is 1. The molecule has 1 saturated heterocycles. The van der Waals surface area contributed by atoms with Gasteiger partial charge in [-0.2, -0.15) is 0 Å². The van der Waals surface area contributed by atoms with Gasteiger partial charge in [-0.05, 0) is 97.9 Å². The van der Waals surface area contributed by atoms with Gasteiger partial charge in [-0.1, -0.05) is 26.0 Å². The molecule has 200 valence electrons. The lowest BCUT2D eigenvalue weighted by molar-refractivity contribution is 0.0209. The number of aliphatic hydroxyl groups excluding tert-OH is 1. The van der Waals surface area contributed by atoms with Crippen molar-refractivity contribution in [2.24, 2.45) is 11.8 Å². The van der Waals surface area contributed by atoms with Gasteiger partial charge >= 0.3 is 0 Å². The predicted octanol–water partition coefficient (Wildman–Crippen LogP) is 5.09.